The van der Waals surface area contributed by atoms with Gasteiger partial charge in [0.05, 0.1) is 17.6 Å². The van der Waals surface area contributed by atoms with E-state index in [9.17, 15) is 4.79 Å². The molecule has 0 unspecified atom stereocenters. The summed E-state index contributed by atoms with van der Waals surface area (Å²) < 4.78 is 1.99. The molecule has 4 aromatic rings. The van der Waals surface area contributed by atoms with E-state index >= 15 is 0 Å². The fraction of sp³-hybridized carbons (Fsp3) is 0.227. The highest BCUT2D eigenvalue weighted by Gasteiger charge is 2.13. The van der Waals surface area contributed by atoms with Crippen molar-refractivity contribution >= 4 is 22.5 Å². The first-order chi connectivity index (χ1) is 13.1. The number of nitrogens with zero attached hydrogens (tertiary/aromatic N) is 3. The van der Waals surface area contributed by atoms with Crippen LogP contribution >= 0.6 is 0 Å². The maximum Gasteiger partial charge on any atom is 0.224 e. The molecule has 5 nitrogen and oxygen atoms in total. The molecule has 0 saturated heterocycles. The molecule has 1 aromatic carbocycles. The minimum atomic E-state index is 0.0158. The number of rotatable bonds is 5. The van der Waals surface area contributed by atoms with Gasteiger partial charge >= 0.3 is 0 Å². The van der Waals surface area contributed by atoms with Crippen LogP contribution in [0.3, 0.4) is 0 Å². The Hall–Kier alpha value is -3.21. The third-order valence-electron chi connectivity index (χ3n) is 4.94. The molecule has 0 atom stereocenters. The van der Waals surface area contributed by atoms with Gasteiger partial charge in [-0.25, -0.2) is 4.98 Å². The summed E-state index contributed by atoms with van der Waals surface area (Å²) in [6.45, 7) is 4.61. The van der Waals surface area contributed by atoms with Crippen LogP contribution in [0.5, 0.6) is 0 Å². The zero-order valence-electron chi connectivity index (χ0n) is 15.6. The lowest BCUT2D eigenvalue weighted by atomic mass is 9.99. The lowest BCUT2D eigenvalue weighted by Crippen LogP contribution is -2.28. The third kappa shape index (κ3) is 3.53. The number of aryl methyl sites for hydroxylation is 2. The number of imidazole rings is 1. The van der Waals surface area contributed by atoms with Crippen LogP contribution in [0.4, 0.5) is 0 Å². The third-order valence-corrected chi connectivity index (χ3v) is 4.94. The molecule has 0 saturated carbocycles. The van der Waals surface area contributed by atoms with Crippen LogP contribution < -0.4 is 5.32 Å². The Kier molecular flexibility index (Phi) is 4.59. The molecular formula is C22H22N4O. The van der Waals surface area contributed by atoms with Crippen LogP contribution in [0.2, 0.25) is 0 Å². The predicted molar refractivity (Wildman–Crippen MR) is 107 cm³/mol. The zero-order valence-corrected chi connectivity index (χ0v) is 15.6. The number of hydrogen-bond donors (Lipinski definition) is 1. The number of fused-ring (bicyclic) bond motifs is 2. The Balaban J connectivity index is 1.41. The molecule has 27 heavy (non-hydrogen) atoms. The molecule has 0 radical (unpaired) electrons. The molecule has 1 N–H and O–H groups in total. The van der Waals surface area contributed by atoms with Gasteiger partial charge in [0.2, 0.25) is 5.91 Å². The van der Waals surface area contributed by atoms with E-state index in [2.05, 4.69) is 28.3 Å². The predicted octanol–water partition coefficient (Wildman–Crippen LogP) is 3.40. The van der Waals surface area contributed by atoms with E-state index < -0.39 is 0 Å². The number of nitrogens with one attached hydrogen (secondary N) is 1. The summed E-state index contributed by atoms with van der Waals surface area (Å²) in [5.74, 6) is 0.0158. The van der Waals surface area contributed by atoms with E-state index in [1.807, 2.05) is 60.1 Å². The highest BCUT2D eigenvalue weighted by atomic mass is 16.1. The summed E-state index contributed by atoms with van der Waals surface area (Å²) in [4.78, 5) is 21.7. The van der Waals surface area contributed by atoms with Crippen LogP contribution in [0, 0.1) is 13.8 Å². The molecule has 136 valence electrons. The smallest absolute Gasteiger partial charge is 0.224 e. The number of benzene rings is 1. The summed E-state index contributed by atoms with van der Waals surface area (Å²) >= 11 is 0. The van der Waals surface area contributed by atoms with Crippen molar-refractivity contribution < 1.29 is 4.79 Å². The first-order valence-electron chi connectivity index (χ1n) is 9.16. The molecule has 0 bridgehead atoms. The second-order valence-corrected chi connectivity index (χ2v) is 6.79. The monoisotopic (exact) mass is 358 g/mol. The van der Waals surface area contributed by atoms with E-state index in [-0.39, 0.29) is 5.91 Å². The number of aromatic nitrogens is 3. The second kappa shape index (κ2) is 7.19. The molecule has 0 aliphatic carbocycles. The van der Waals surface area contributed by atoms with Crippen molar-refractivity contribution in [3.8, 4) is 0 Å². The lowest BCUT2D eigenvalue weighted by Gasteiger charge is -2.12. The van der Waals surface area contributed by atoms with E-state index in [0.717, 1.165) is 39.1 Å². The number of carbonyl (C=O) groups is 1. The average molecular weight is 358 g/mol. The highest BCUT2D eigenvalue weighted by molar-refractivity contribution is 5.86. The number of pyridine rings is 2. The van der Waals surface area contributed by atoms with E-state index in [1.165, 1.54) is 0 Å². The average Bonchev–Trinajstić information content (AvgIpc) is 3.08. The Labute approximate surface area is 158 Å². The summed E-state index contributed by atoms with van der Waals surface area (Å²) in [7, 11) is 0. The Morgan fingerprint density at radius 1 is 1.07 bits per heavy atom. The maximum atomic E-state index is 12.5. The van der Waals surface area contributed by atoms with Crippen molar-refractivity contribution in [2.24, 2.45) is 0 Å². The summed E-state index contributed by atoms with van der Waals surface area (Å²) in [5.41, 5.74) is 5.94. The van der Waals surface area contributed by atoms with Crippen LogP contribution in [0.1, 0.15) is 22.5 Å². The zero-order chi connectivity index (χ0) is 18.8. The fourth-order valence-corrected chi connectivity index (χ4v) is 3.49. The Morgan fingerprint density at radius 3 is 2.74 bits per heavy atom. The van der Waals surface area contributed by atoms with Gasteiger partial charge in [0, 0.05) is 36.4 Å². The fourth-order valence-electron chi connectivity index (χ4n) is 3.49. The quantitative estimate of drug-likeness (QED) is 0.595. The van der Waals surface area contributed by atoms with E-state index in [0.29, 0.717) is 19.4 Å². The maximum absolute atomic E-state index is 12.5. The largest absolute Gasteiger partial charge is 0.355 e. The number of carbonyl (C=O) groups excluding carboxylic acids is 1. The SMILES string of the molecule is Cc1nc2ccccc2c(C)c1CC(=O)NCCc1cn2ccccc2n1. The van der Waals surface area contributed by atoms with Gasteiger partial charge in [0.25, 0.3) is 0 Å². The molecule has 0 spiro atoms. The molecule has 5 heteroatoms. The van der Waals surface area contributed by atoms with Gasteiger partial charge in [-0.2, -0.15) is 0 Å². The van der Waals surface area contributed by atoms with Crippen LogP contribution in [-0.4, -0.2) is 26.8 Å². The number of hydrogen-bond acceptors (Lipinski definition) is 3. The lowest BCUT2D eigenvalue weighted by molar-refractivity contribution is -0.120. The van der Waals surface area contributed by atoms with Crippen LogP contribution in [-0.2, 0) is 17.6 Å². The first-order valence-corrected chi connectivity index (χ1v) is 9.16. The van der Waals surface area contributed by atoms with Gasteiger partial charge < -0.3 is 9.72 Å². The van der Waals surface area contributed by atoms with E-state index in [1.54, 1.807) is 0 Å². The summed E-state index contributed by atoms with van der Waals surface area (Å²) in [5, 5.41) is 4.12. The summed E-state index contributed by atoms with van der Waals surface area (Å²) in [6.07, 6.45) is 5.04. The molecule has 1 amide bonds. The topological polar surface area (TPSA) is 59.3 Å². The molecule has 0 fully saturated rings. The Bertz CT molecular complexity index is 1100. The van der Waals surface area contributed by atoms with Gasteiger partial charge in [-0.1, -0.05) is 24.3 Å². The van der Waals surface area contributed by atoms with Gasteiger partial charge in [-0.3, -0.25) is 9.78 Å². The van der Waals surface area contributed by atoms with Crippen molar-refractivity contribution in [1.82, 2.24) is 19.7 Å². The second-order valence-electron chi connectivity index (χ2n) is 6.79. The molecular weight excluding hydrogens is 336 g/mol. The number of para-hydroxylation sites is 1. The minimum Gasteiger partial charge on any atom is -0.355 e. The van der Waals surface area contributed by atoms with Gasteiger partial charge in [-0.05, 0) is 43.2 Å². The van der Waals surface area contributed by atoms with Gasteiger partial charge in [0.15, 0.2) is 0 Å². The molecule has 0 aliphatic heterocycles. The number of amides is 1. The van der Waals surface area contributed by atoms with Crippen LogP contribution in [0.15, 0.2) is 54.9 Å². The standard InChI is InChI=1S/C22H22N4O/c1-15-18-7-3-4-8-20(18)24-16(2)19(15)13-22(27)23-11-10-17-14-26-12-6-5-9-21(26)25-17/h3-9,12,14H,10-11,13H2,1-2H3,(H,23,27). The Morgan fingerprint density at radius 2 is 1.89 bits per heavy atom. The summed E-state index contributed by atoms with van der Waals surface area (Å²) in [6, 6.07) is 14.0. The van der Waals surface area contributed by atoms with E-state index in [4.69, 9.17) is 0 Å². The van der Waals surface area contributed by atoms with Crippen molar-refractivity contribution in [1.29, 1.82) is 0 Å². The first kappa shape index (κ1) is 17.2. The molecule has 3 heterocycles. The minimum absolute atomic E-state index is 0.0158. The van der Waals surface area contributed by atoms with Gasteiger partial charge in [0.1, 0.15) is 5.65 Å². The van der Waals surface area contributed by atoms with Gasteiger partial charge in [-0.15, -0.1) is 0 Å². The van der Waals surface area contributed by atoms with Crippen molar-refractivity contribution in [2.45, 2.75) is 26.7 Å². The molecule has 0 aliphatic rings. The molecule has 3 aromatic heterocycles. The van der Waals surface area contributed by atoms with Crippen LogP contribution in [0.25, 0.3) is 16.6 Å². The highest BCUT2D eigenvalue weighted by Crippen LogP contribution is 2.22. The normalized spacial score (nSPS) is 11.2. The van der Waals surface area contributed by atoms with Crippen molar-refractivity contribution in [3.63, 3.8) is 0 Å². The van der Waals surface area contributed by atoms with Crippen molar-refractivity contribution in [2.75, 3.05) is 6.54 Å². The van der Waals surface area contributed by atoms with Crippen molar-refractivity contribution in [3.05, 3.63) is 77.4 Å². The molecule has 4 rings (SSSR count).